The molecule has 3 unspecified atom stereocenters. The third-order valence-corrected chi connectivity index (χ3v) is 7.88. The van der Waals surface area contributed by atoms with Gasteiger partial charge < -0.3 is 29.1 Å². The van der Waals surface area contributed by atoms with Gasteiger partial charge in [0.2, 0.25) is 17.6 Å². The molecule has 4 heterocycles. The third kappa shape index (κ3) is 7.63. The van der Waals surface area contributed by atoms with Crippen molar-refractivity contribution in [2.75, 3.05) is 36.0 Å². The number of alkyl carbamates (subject to hydrolysis) is 1. The van der Waals surface area contributed by atoms with Gasteiger partial charge in [-0.05, 0) is 58.1 Å². The van der Waals surface area contributed by atoms with Gasteiger partial charge in [0.25, 0.3) is 0 Å². The second-order valence-corrected chi connectivity index (χ2v) is 12.4. The van der Waals surface area contributed by atoms with Crippen LogP contribution >= 0.6 is 0 Å². The molecular weight excluding hydrogens is 595 g/mol. The first-order valence-corrected chi connectivity index (χ1v) is 14.7. The summed E-state index contributed by atoms with van der Waals surface area (Å²) in [6, 6.07) is 0.945. The maximum Gasteiger partial charge on any atom is 0.407 e. The molecule has 2 aliphatic rings. The molecule has 2 aliphatic heterocycles. The van der Waals surface area contributed by atoms with E-state index in [4.69, 9.17) is 14.0 Å². The van der Waals surface area contributed by atoms with Crippen molar-refractivity contribution in [2.45, 2.75) is 71.1 Å². The van der Waals surface area contributed by atoms with Crippen molar-refractivity contribution in [3.05, 3.63) is 53.4 Å². The number of hydrogen-bond donors (Lipinski definition) is 1. The Balaban J connectivity index is 1.22. The molecule has 3 atom stereocenters. The van der Waals surface area contributed by atoms with E-state index in [0.717, 1.165) is 18.9 Å². The molecule has 2 saturated heterocycles. The summed E-state index contributed by atoms with van der Waals surface area (Å²) in [6.45, 7) is 10.1. The van der Waals surface area contributed by atoms with Crippen molar-refractivity contribution in [2.24, 2.45) is 5.92 Å². The first kappa shape index (κ1) is 32.0. The smallest absolute Gasteiger partial charge is 0.407 e. The van der Waals surface area contributed by atoms with E-state index >= 15 is 0 Å². The number of halogens is 3. The highest BCUT2D eigenvalue weighted by Crippen LogP contribution is 2.33. The number of rotatable bonds is 8. The van der Waals surface area contributed by atoms with Gasteiger partial charge in [0.15, 0.2) is 17.4 Å². The predicted molar refractivity (Wildman–Crippen MR) is 156 cm³/mol. The molecule has 2 aromatic heterocycles. The van der Waals surface area contributed by atoms with Gasteiger partial charge in [-0.15, -0.1) is 0 Å². The van der Waals surface area contributed by atoms with Gasteiger partial charge in [0, 0.05) is 45.1 Å². The zero-order valence-corrected chi connectivity index (χ0v) is 25.7. The summed E-state index contributed by atoms with van der Waals surface area (Å²) < 4.78 is 59.3. The van der Waals surface area contributed by atoms with Crippen LogP contribution < -0.4 is 19.9 Å². The Labute approximate surface area is 258 Å². The number of amides is 1. The summed E-state index contributed by atoms with van der Waals surface area (Å²) in [5, 5.41) is 6.45. The fourth-order valence-electron chi connectivity index (χ4n) is 5.60. The molecule has 1 aromatic carbocycles. The van der Waals surface area contributed by atoms with Crippen molar-refractivity contribution < 1.29 is 36.8 Å². The van der Waals surface area contributed by atoms with Crippen LogP contribution in [0, 0.1) is 23.4 Å². The molecule has 242 valence electrons. The Morgan fingerprint density at radius 1 is 1.02 bits per heavy atom. The number of nitrogens with one attached hydrogen (secondary N) is 1. The topological polar surface area (TPSA) is 136 Å². The molecule has 0 radical (unpaired) electrons. The molecule has 0 bridgehead atoms. The van der Waals surface area contributed by atoms with Gasteiger partial charge in [-0.25, -0.2) is 27.9 Å². The number of carbonyl (C=O) groups is 2. The standard InChI is InChI=1S/C30H36F3N7O5/c1-16(41)26-37-28(45-38-26)39-8-6-18(7-9-39)17(2)43-19-12-34-27(35-13-19)40-14-21(20-10-23(32)24(33)11-22(20)31)25(15-40)36-29(42)44-30(3,4)5/h10-13,17-18,21,25H,6-9,14-15H2,1-5H3,(H,36,42). The first-order valence-electron chi connectivity index (χ1n) is 14.7. The Morgan fingerprint density at radius 2 is 1.69 bits per heavy atom. The van der Waals surface area contributed by atoms with E-state index in [1.165, 1.54) is 19.3 Å². The molecular formula is C30H36F3N7O5. The molecule has 0 saturated carbocycles. The number of anilines is 2. The number of ketones is 1. The molecule has 0 aliphatic carbocycles. The van der Waals surface area contributed by atoms with E-state index in [1.807, 2.05) is 11.8 Å². The van der Waals surface area contributed by atoms with Gasteiger partial charge in [0.1, 0.15) is 11.4 Å². The maximum atomic E-state index is 14.8. The second kappa shape index (κ2) is 12.9. The van der Waals surface area contributed by atoms with E-state index in [2.05, 4.69) is 25.4 Å². The largest absolute Gasteiger partial charge is 0.487 e. The highest BCUT2D eigenvalue weighted by atomic mass is 19.2. The van der Waals surface area contributed by atoms with E-state index in [-0.39, 0.29) is 42.3 Å². The highest BCUT2D eigenvalue weighted by molar-refractivity contribution is 5.90. The fraction of sp³-hybridized carbons (Fsp3) is 0.533. The molecule has 5 rings (SSSR count). The van der Waals surface area contributed by atoms with Crippen LogP contribution in [0.5, 0.6) is 5.75 Å². The Kier molecular flexibility index (Phi) is 9.16. The molecule has 45 heavy (non-hydrogen) atoms. The first-order chi connectivity index (χ1) is 21.3. The van der Waals surface area contributed by atoms with Crippen LogP contribution in [0.25, 0.3) is 0 Å². The van der Waals surface area contributed by atoms with Gasteiger partial charge >= 0.3 is 12.1 Å². The molecule has 1 N–H and O–H groups in total. The van der Waals surface area contributed by atoms with Crippen molar-refractivity contribution >= 4 is 23.8 Å². The van der Waals surface area contributed by atoms with E-state index in [9.17, 15) is 22.8 Å². The summed E-state index contributed by atoms with van der Waals surface area (Å²) in [6.07, 6.45) is 3.82. The zero-order valence-electron chi connectivity index (χ0n) is 25.7. The molecule has 3 aromatic rings. The lowest BCUT2D eigenvalue weighted by molar-refractivity contribution is 0.0504. The van der Waals surface area contributed by atoms with Crippen molar-refractivity contribution in [3.8, 4) is 5.75 Å². The number of carbonyl (C=O) groups excluding carboxylic acids is 2. The van der Waals surface area contributed by atoms with Crippen LogP contribution in [0.15, 0.2) is 29.0 Å². The van der Waals surface area contributed by atoms with Gasteiger partial charge in [-0.3, -0.25) is 4.79 Å². The fourth-order valence-corrected chi connectivity index (χ4v) is 5.60. The average Bonchev–Trinajstić information content (AvgIpc) is 3.63. The number of aromatic nitrogens is 4. The second-order valence-electron chi connectivity index (χ2n) is 12.4. The third-order valence-electron chi connectivity index (χ3n) is 7.88. The normalized spacial score (nSPS) is 19.8. The predicted octanol–water partition coefficient (Wildman–Crippen LogP) is 4.66. The number of ether oxygens (including phenoxy) is 2. The lowest BCUT2D eigenvalue weighted by Crippen LogP contribution is -2.43. The summed E-state index contributed by atoms with van der Waals surface area (Å²) in [5.41, 5.74) is -0.845. The highest BCUT2D eigenvalue weighted by Gasteiger charge is 2.39. The van der Waals surface area contributed by atoms with E-state index in [0.29, 0.717) is 36.9 Å². The minimum atomic E-state index is -1.29. The molecule has 15 heteroatoms. The maximum absolute atomic E-state index is 14.8. The number of piperidine rings is 1. The minimum absolute atomic E-state index is 0.0584. The summed E-state index contributed by atoms with van der Waals surface area (Å²) >= 11 is 0. The van der Waals surface area contributed by atoms with Crippen molar-refractivity contribution in [1.29, 1.82) is 0 Å². The van der Waals surface area contributed by atoms with E-state index in [1.54, 1.807) is 25.7 Å². The molecule has 0 spiro atoms. The van der Waals surface area contributed by atoms with Crippen LogP contribution in [-0.4, -0.2) is 75.9 Å². The van der Waals surface area contributed by atoms with Gasteiger partial charge in [-0.1, -0.05) is 5.16 Å². The van der Waals surface area contributed by atoms with E-state index < -0.39 is 41.1 Å². The van der Waals surface area contributed by atoms with Crippen LogP contribution in [0.4, 0.5) is 29.9 Å². The Morgan fingerprint density at radius 3 is 2.31 bits per heavy atom. The zero-order chi connectivity index (χ0) is 32.5. The van der Waals surface area contributed by atoms with Crippen molar-refractivity contribution in [3.63, 3.8) is 0 Å². The molecule has 2 fully saturated rings. The average molecular weight is 632 g/mol. The number of hydrogen-bond acceptors (Lipinski definition) is 11. The van der Waals surface area contributed by atoms with Crippen LogP contribution in [-0.2, 0) is 4.74 Å². The Hall–Kier alpha value is -4.43. The SMILES string of the molecule is CC(=O)c1noc(N2CCC(C(C)Oc3cnc(N4CC(NC(=O)OC(C)(C)C)C(c5cc(F)c(F)cc5F)C4)nc3)CC2)n1. The molecule has 1 amide bonds. The number of Topliss-reactive ketones (excluding diaryl/α,β-unsaturated/α-hetero) is 1. The monoisotopic (exact) mass is 631 g/mol. The number of nitrogens with zero attached hydrogens (tertiary/aromatic N) is 6. The van der Waals surface area contributed by atoms with Crippen LogP contribution in [0.3, 0.4) is 0 Å². The lowest BCUT2D eigenvalue weighted by Gasteiger charge is -2.33. The quantitative estimate of drug-likeness (QED) is 0.275. The van der Waals surface area contributed by atoms with Gasteiger partial charge in [-0.2, -0.15) is 4.98 Å². The lowest BCUT2D eigenvalue weighted by atomic mass is 9.92. The number of benzene rings is 1. The Bertz CT molecular complexity index is 1520. The van der Waals surface area contributed by atoms with Crippen LogP contribution in [0.1, 0.15) is 69.6 Å². The summed E-state index contributed by atoms with van der Waals surface area (Å²) in [7, 11) is 0. The molecule has 12 nitrogen and oxygen atoms in total. The summed E-state index contributed by atoms with van der Waals surface area (Å²) in [5.74, 6) is -3.33. The minimum Gasteiger partial charge on any atom is -0.487 e. The summed E-state index contributed by atoms with van der Waals surface area (Å²) in [4.78, 5) is 40.7. The van der Waals surface area contributed by atoms with Gasteiger partial charge in [0.05, 0.1) is 24.5 Å². The van der Waals surface area contributed by atoms with Crippen LogP contribution in [0.2, 0.25) is 0 Å². The van der Waals surface area contributed by atoms with Crippen molar-refractivity contribution in [1.82, 2.24) is 25.4 Å².